The van der Waals surface area contributed by atoms with Crippen LogP contribution in [0.2, 0.25) is 0 Å². The smallest absolute Gasteiger partial charge is 0.226 e. The summed E-state index contributed by atoms with van der Waals surface area (Å²) in [5.74, 6) is -0.658. The summed E-state index contributed by atoms with van der Waals surface area (Å²) < 4.78 is 32.1. The van der Waals surface area contributed by atoms with Gasteiger partial charge in [-0.2, -0.15) is 0 Å². The second-order valence-corrected chi connectivity index (χ2v) is 5.84. The van der Waals surface area contributed by atoms with Gasteiger partial charge >= 0.3 is 0 Å². The highest BCUT2D eigenvalue weighted by atomic mass is 19.1. The summed E-state index contributed by atoms with van der Waals surface area (Å²) in [6, 6.07) is 3.12. The average Bonchev–Trinajstić information content (AvgIpc) is 2.83. The van der Waals surface area contributed by atoms with Gasteiger partial charge in [0.2, 0.25) is 5.89 Å². The Kier molecular flexibility index (Phi) is 4.43. The molecular weight excluding hydrogens is 306 g/mol. The highest BCUT2D eigenvalue weighted by Gasteiger charge is 2.27. The number of oxazole rings is 1. The molecule has 2 aromatic rings. The van der Waals surface area contributed by atoms with Crippen molar-refractivity contribution in [2.45, 2.75) is 32.1 Å². The van der Waals surface area contributed by atoms with Crippen molar-refractivity contribution in [3.05, 3.63) is 41.3 Å². The molecule has 7 heteroatoms. The molecule has 124 valence electrons. The summed E-state index contributed by atoms with van der Waals surface area (Å²) >= 11 is 0. The predicted molar refractivity (Wildman–Crippen MR) is 78.5 cm³/mol. The van der Waals surface area contributed by atoms with Crippen LogP contribution >= 0.6 is 0 Å². The van der Waals surface area contributed by atoms with E-state index in [9.17, 15) is 19.0 Å². The largest absolute Gasteiger partial charge is 0.441 e. The lowest BCUT2D eigenvalue weighted by Crippen LogP contribution is -2.46. The van der Waals surface area contributed by atoms with Crippen molar-refractivity contribution < 1.29 is 23.4 Å². The van der Waals surface area contributed by atoms with Gasteiger partial charge in [-0.15, -0.1) is 0 Å². The van der Waals surface area contributed by atoms with Gasteiger partial charge in [-0.25, -0.2) is 13.8 Å². The molecule has 23 heavy (non-hydrogen) atoms. The van der Waals surface area contributed by atoms with Gasteiger partial charge in [-0.3, -0.25) is 4.90 Å². The summed E-state index contributed by atoms with van der Waals surface area (Å²) in [6.45, 7) is 3.15. The maximum atomic E-state index is 13.3. The van der Waals surface area contributed by atoms with E-state index in [2.05, 4.69) is 4.98 Å². The van der Waals surface area contributed by atoms with Crippen LogP contribution < -0.4 is 0 Å². The van der Waals surface area contributed by atoms with E-state index in [1.807, 2.05) is 4.90 Å². The number of benzene rings is 1. The molecule has 0 bridgehead atoms. The standard InChI is InChI=1S/C16H18F2N2O3/c1-9-13(7-20-3-2-14(21)15(22)8-20)19-16(23-9)10-4-11(17)6-12(18)5-10/h4-6,14-15,21-22H,2-3,7-8H2,1H3/t14-,15-/m0/s1. The molecule has 0 amide bonds. The van der Waals surface area contributed by atoms with Crippen LogP contribution in [0.1, 0.15) is 17.9 Å². The van der Waals surface area contributed by atoms with Crippen LogP contribution in [0.25, 0.3) is 11.5 Å². The number of halogens is 2. The summed E-state index contributed by atoms with van der Waals surface area (Å²) in [4.78, 5) is 6.27. The number of aliphatic hydroxyl groups is 2. The molecule has 1 aromatic carbocycles. The van der Waals surface area contributed by atoms with Gasteiger partial charge in [0.1, 0.15) is 17.4 Å². The number of β-amino-alcohol motifs (C(OH)–C–C–N with tert-alkyl or cyclic N) is 1. The van der Waals surface area contributed by atoms with E-state index in [1.165, 1.54) is 12.1 Å². The predicted octanol–water partition coefficient (Wildman–Crippen LogP) is 1.86. The summed E-state index contributed by atoms with van der Waals surface area (Å²) in [7, 11) is 0. The molecule has 0 unspecified atom stereocenters. The third-order valence-corrected chi connectivity index (χ3v) is 4.01. The number of hydrogen-bond donors (Lipinski definition) is 2. The van der Waals surface area contributed by atoms with E-state index in [0.717, 1.165) is 6.07 Å². The van der Waals surface area contributed by atoms with E-state index in [1.54, 1.807) is 6.92 Å². The second-order valence-electron chi connectivity index (χ2n) is 5.84. The van der Waals surface area contributed by atoms with E-state index < -0.39 is 23.8 Å². The van der Waals surface area contributed by atoms with Crippen LogP contribution in [0, 0.1) is 18.6 Å². The number of aryl methyl sites for hydroxylation is 1. The van der Waals surface area contributed by atoms with Crippen LogP contribution in [0.15, 0.2) is 22.6 Å². The summed E-state index contributed by atoms with van der Waals surface area (Å²) in [5, 5.41) is 19.3. The van der Waals surface area contributed by atoms with Crippen molar-refractivity contribution in [2.24, 2.45) is 0 Å². The fourth-order valence-corrected chi connectivity index (χ4v) is 2.72. The fraction of sp³-hybridized carbons (Fsp3) is 0.438. The number of nitrogens with zero attached hydrogens (tertiary/aromatic N) is 2. The number of aromatic nitrogens is 1. The third-order valence-electron chi connectivity index (χ3n) is 4.01. The van der Waals surface area contributed by atoms with E-state index in [4.69, 9.17) is 4.42 Å². The van der Waals surface area contributed by atoms with Crippen LogP contribution in [0.3, 0.4) is 0 Å². The number of likely N-dealkylation sites (tertiary alicyclic amines) is 1. The Hall–Kier alpha value is -1.83. The Morgan fingerprint density at radius 2 is 1.91 bits per heavy atom. The molecule has 0 aliphatic carbocycles. The van der Waals surface area contributed by atoms with Crippen molar-refractivity contribution in [3.8, 4) is 11.5 Å². The van der Waals surface area contributed by atoms with E-state index >= 15 is 0 Å². The summed E-state index contributed by atoms with van der Waals surface area (Å²) in [5.41, 5.74) is 0.888. The van der Waals surface area contributed by atoms with Gasteiger partial charge in [-0.05, 0) is 25.5 Å². The van der Waals surface area contributed by atoms with Gasteiger partial charge in [-0.1, -0.05) is 0 Å². The van der Waals surface area contributed by atoms with Crippen LogP contribution in [-0.2, 0) is 6.54 Å². The first-order valence-corrected chi connectivity index (χ1v) is 7.43. The Balaban J connectivity index is 1.78. The van der Waals surface area contributed by atoms with Crippen LogP contribution in [0.5, 0.6) is 0 Å². The van der Waals surface area contributed by atoms with Gasteiger partial charge < -0.3 is 14.6 Å². The summed E-state index contributed by atoms with van der Waals surface area (Å²) in [6.07, 6.45) is -0.997. The zero-order chi connectivity index (χ0) is 16.6. The molecule has 0 radical (unpaired) electrons. The first-order valence-electron chi connectivity index (χ1n) is 7.43. The molecule has 2 heterocycles. The Bertz CT molecular complexity index is 684. The molecule has 1 saturated heterocycles. The van der Waals surface area contributed by atoms with Crippen molar-refractivity contribution in [2.75, 3.05) is 13.1 Å². The first kappa shape index (κ1) is 16.0. The highest BCUT2D eigenvalue weighted by Crippen LogP contribution is 2.25. The van der Waals surface area contributed by atoms with Crippen LogP contribution in [-0.4, -0.2) is 45.4 Å². The molecule has 0 saturated carbocycles. The Morgan fingerprint density at radius 3 is 2.57 bits per heavy atom. The minimum atomic E-state index is -0.784. The SMILES string of the molecule is Cc1oc(-c2cc(F)cc(F)c2)nc1CN1CC[C@H](O)[C@@H](O)C1. The first-order chi connectivity index (χ1) is 10.9. The monoisotopic (exact) mass is 324 g/mol. The van der Waals surface area contributed by atoms with Gasteiger partial charge in [0.15, 0.2) is 0 Å². The van der Waals surface area contributed by atoms with Gasteiger partial charge in [0.05, 0.1) is 17.9 Å². The number of aliphatic hydroxyl groups excluding tert-OH is 2. The van der Waals surface area contributed by atoms with Crippen molar-refractivity contribution in [1.82, 2.24) is 9.88 Å². The Morgan fingerprint density at radius 1 is 1.22 bits per heavy atom. The highest BCUT2D eigenvalue weighted by molar-refractivity contribution is 5.53. The molecule has 3 rings (SSSR count). The van der Waals surface area contributed by atoms with Crippen molar-refractivity contribution in [3.63, 3.8) is 0 Å². The zero-order valence-electron chi connectivity index (χ0n) is 12.7. The molecule has 1 fully saturated rings. The molecule has 2 atom stereocenters. The normalized spacial score (nSPS) is 22.5. The minimum Gasteiger partial charge on any atom is -0.441 e. The lowest BCUT2D eigenvalue weighted by Gasteiger charge is -2.32. The van der Waals surface area contributed by atoms with Gasteiger partial charge in [0.25, 0.3) is 0 Å². The molecule has 2 N–H and O–H groups in total. The quantitative estimate of drug-likeness (QED) is 0.902. The van der Waals surface area contributed by atoms with Crippen LogP contribution in [0.4, 0.5) is 8.78 Å². The maximum absolute atomic E-state index is 13.3. The van der Waals surface area contributed by atoms with E-state index in [0.29, 0.717) is 37.5 Å². The topological polar surface area (TPSA) is 69.7 Å². The maximum Gasteiger partial charge on any atom is 0.226 e. The van der Waals surface area contributed by atoms with E-state index in [-0.39, 0.29) is 11.5 Å². The fourth-order valence-electron chi connectivity index (χ4n) is 2.72. The number of hydrogen-bond acceptors (Lipinski definition) is 5. The second kappa shape index (κ2) is 6.35. The molecular formula is C16H18F2N2O3. The number of piperidine rings is 1. The van der Waals surface area contributed by atoms with Crippen molar-refractivity contribution >= 4 is 0 Å². The Labute approximate surface area is 132 Å². The molecule has 1 aromatic heterocycles. The van der Waals surface area contributed by atoms with Crippen molar-refractivity contribution in [1.29, 1.82) is 0 Å². The van der Waals surface area contributed by atoms with Gasteiger partial charge in [0, 0.05) is 31.3 Å². The molecule has 0 spiro atoms. The molecule has 1 aliphatic rings. The average molecular weight is 324 g/mol. The lowest BCUT2D eigenvalue weighted by atomic mass is 10.1. The molecule has 5 nitrogen and oxygen atoms in total. The lowest BCUT2D eigenvalue weighted by molar-refractivity contribution is -0.0406. The minimum absolute atomic E-state index is 0.161. The zero-order valence-corrected chi connectivity index (χ0v) is 12.7. The number of rotatable bonds is 3. The third kappa shape index (κ3) is 3.57. The molecule has 1 aliphatic heterocycles.